The first-order chi connectivity index (χ1) is 13.1. The van der Waals surface area contributed by atoms with Crippen LogP contribution in [0.25, 0.3) is 21.8 Å². The van der Waals surface area contributed by atoms with Gasteiger partial charge in [-0.2, -0.15) is 14.2 Å². The number of aromatic hydroxyl groups is 1. The summed E-state index contributed by atoms with van der Waals surface area (Å²) in [5.41, 5.74) is 4.53. The minimum Gasteiger partial charge on any atom is -0.508 e. The number of phenols is 1. The third kappa shape index (κ3) is 4.64. The van der Waals surface area contributed by atoms with E-state index in [0.29, 0.717) is 5.00 Å². The van der Waals surface area contributed by atoms with Crippen molar-refractivity contribution in [1.29, 1.82) is 0 Å². The molecule has 0 unspecified atom stereocenters. The van der Waals surface area contributed by atoms with E-state index in [0.717, 1.165) is 26.7 Å². The quantitative estimate of drug-likeness (QED) is 0.342. The number of aryl methyl sites for hydroxylation is 1. The second-order valence-corrected chi connectivity index (χ2v) is 9.29. The fourth-order valence-corrected chi connectivity index (χ4v) is 4.27. The smallest absolute Gasteiger partial charge is 0.508 e. The van der Waals surface area contributed by atoms with Crippen molar-refractivity contribution in [2.24, 2.45) is 0 Å². The predicted molar refractivity (Wildman–Crippen MR) is 114 cm³/mol. The summed E-state index contributed by atoms with van der Waals surface area (Å²) in [7, 11) is 0. The number of aromatic nitrogens is 1. The zero-order valence-corrected chi connectivity index (χ0v) is 17.8. The summed E-state index contributed by atoms with van der Waals surface area (Å²) >= 11 is 2.97. The molecule has 146 valence electrons. The van der Waals surface area contributed by atoms with E-state index in [1.165, 1.54) is 27.2 Å². The molecule has 3 rings (SSSR count). The Balaban J connectivity index is 1.81. The van der Waals surface area contributed by atoms with Crippen LogP contribution in [0.1, 0.15) is 25.6 Å². The number of carbonyl (C=O) groups excluding carboxylic acids is 1. The molecular weight excluding hydrogens is 394 g/mol. The van der Waals surface area contributed by atoms with E-state index in [1.54, 1.807) is 18.2 Å². The number of hydroxylamine groups is 1. The molecule has 0 bridgehead atoms. The average molecular weight is 417 g/mol. The average Bonchev–Trinajstić information content (AvgIpc) is 3.25. The summed E-state index contributed by atoms with van der Waals surface area (Å²) in [5, 5.41) is 13.2. The molecule has 2 heterocycles. The maximum Gasteiger partial charge on any atom is 0.526 e. The van der Waals surface area contributed by atoms with Gasteiger partial charge in [0, 0.05) is 27.5 Å². The standard InChI is InChI=1S/C20H21N3O3S2/c1-12-15(10-17(28-12)23(5)19(25)22-26-20(2,3)4)18-21-16(11-27-18)13-7-6-8-14(24)9-13/h6-11H,5H2,1-4H3,(H-,22,24,25)/p+1. The number of hydrogen-bond acceptors (Lipinski definition) is 6. The van der Waals surface area contributed by atoms with Gasteiger partial charge in [0.1, 0.15) is 16.4 Å². The first kappa shape index (κ1) is 20.2. The maximum absolute atomic E-state index is 12.3. The third-order valence-electron chi connectivity index (χ3n) is 3.74. The molecule has 0 saturated heterocycles. The van der Waals surface area contributed by atoms with Crippen LogP contribution in [0.4, 0.5) is 9.80 Å². The topological polar surface area (TPSA) is 74.5 Å². The van der Waals surface area contributed by atoms with Crippen LogP contribution in [-0.2, 0) is 4.84 Å². The Morgan fingerprint density at radius 1 is 1.32 bits per heavy atom. The molecule has 0 radical (unpaired) electrons. The first-order valence-corrected chi connectivity index (χ1v) is 10.3. The zero-order chi connectivity index (χ0) is 20.5. The molecule has 8 heteroatoms. The summed E-state index contributed by atoms with van der Waals surface area (Å²) in [6.07, 6.45) is 0. The van der Waals surface area contributed by atoms with Gasteiger partial charge in [0.25, 0.3) is 0 Å². The second kappa shape index (κ2) is 7.83. The SMILES string of the molecule is C=[N+](C(=O)NOC(C)(C)C)c1cc(-c2nc(-c3cccc(O)c3)cs2)c(C)s1. The summed E-state index contributed by atoms with van der Waals surface area (Å²) in [6.45, 7) is 11.4. The minimum atomic E-state index is -0.490. The number of nitrogens with zero attached hydrogens (tertiary/aromatic N) is 2. The number of urea groups is 1. The van der Waals surface area contributed by atoms with Gasteiger partial charge in [-0.15, -0.1) is 11.3 Å². The molecule has 0 aliphatic carbocycles. The van der Waals surface area contributed by atoms with Crippen molar-refractivity contribution in [3.63, 3.8) is 0 Å². The number of carbonyl (C=O) groups is 1. The van der Waals surface area contributed by atoms with Crippen LogP contribution in [0.5, 0.6) is 5.75 Å². The van der Waals surface area contributed by atoms with Gasteiger partial charge in [-0.1, -0.05) is 28.9 Å². The number of phenolic OH excluding ortho intramolecular Hbond substituents is 1. The zero-order valence-electron chi connectivity index (χ0n) is 16.1. The van der Waals surface area contributed by atoms with Gasteiger partial charge < -0.3 is 5.11 Å². The van der Waals surface area contributed by atoms with Crippen LogP contribution >= 0.6 is 22.7 Å². The molecule has 2 N–H and O–H groups in total. The lowest BCUT2D eigenvalue weighted by Gasteiger charge is -2.13. The van der Waals surface area contributed by atoms with Gasteiger partial charge in [0.2, 0.25) is 0 Å². The summed E-state index contributed by atoms with van der Waals surface area (Å²) < 4.78 is 1.27. The van der Waals surface area contributed by atoms with Crippen molar-refractivity contribution in [2.75, 3.05) is 0 Å². The number of benzene rings is 1. The second-order valence-electron chi connectivity index (χ2n) is 7.19. The van der Waals surface area contributed by atoms with Crippen molar-refractivity contribution in [2.45, 2.75) is 33.3 Å². The summed E-state index contributed by atoms with van der Waals surface area (Å²) in [6, 6.07) is 8.46. The van der Waals surface area contributed by atoms with Crippen LogP contribution in [0.15, 0.2) is 35.7 Å². The Bertz CT molecular complexity index is 1030. The van der Waals surface area contributed by atoms with Crippen molar-refractivity contribution in [3.05, 3.63) is 40.6 Å². The molecule has 0 fully saturated rings. The highest BCUT2D eigenvalue weighted by Crippen LogP contribution is 2.38. The molecule has 1 aromatic carbocycles. The van der Waals surface area contributed by atoms with E-state index in [2.05, 4.69) is 17.2 Å². The molecule has 0 aliphatic rings. The van der Waals surface area contributed by atoms with E-state index in [9.17, 15) is 9.90 Å². The highest BCUT2D eigenvalue weighted by atomic mass is 32.1. The monoisotopic (exact) mass is 416 g/mol. The van der Waals surface area contributed by atoms with Crippen molar-refractivity contribution >= 4 is 40.4 Å². The Hall–Kier alpha value is -2.55. The third-order valence-corrected chi connectivity index (χ3v) is 5.69. The highest BCUT2D eigenvalue weighted by molar-refractivity contribution is 7.17. The lowest BCUT2D eigenvalue weighted by Crippen LogP contribution is -2.36. The van der Waals surface area contributed by atoms with Gasteiger partial charge in [-0.05, 0) is 39.8 Å². The van der Waals surface area contributed by atoms with Crippen molar-refractivity contribution in [3.8, 4) is 27.6 Å². The van der Waals surface area contributed by atoms with Gasteiger partial charge in [0.15, 0.2) is 5.00 Å². The van der Waals surface area contributed by atoms with Crippen LogP contribution in [0.2, 0.25) is 0 Å². The van der Waals surface area contributed by atoms with Crippen molar-refractivity contribution in [1.82, 2.24) is 10.5 Å². The Morgan fingerprint density at radius 3 is 2.75 bits per heavy atom. The minimum absolute atomic E-state index is 0.206. The Morgan fingerprint density at radius 2 is 2.07 bits per heavy atom. The molecular formula is C20H22N3O3S2+. The Labute approximate surface area is 171 Å². The van der Waals surface area contributed by atoms with Crippen LogP contribution in [0.3, 0.4) is 0 Å². The largest absolute Gasteiger partial charge is 0.526 e. The van der Waals surface area contributed by atoms with Crippen LogP contribution in [-0.4, -0.2) is 33.0 Å². The predicted octanol–water partition coefficient (Wildman–Crippen LogP) is 5.34. The molecule has 2 aromatic heterocycles. The summed E-state index contributed by atoms with van der Waals surface area (Å²) in [4.78, 5) is 23.3. The summed E-state index contributed by atoms with van der Waals surface area (Å²) in [5.74, 6) is 0.206. The molecule has 6 nitrogen and oxygen atoms in total. The fourth-order valence-electron chi connectivity index (χ4n) is 2.36. The number of thiophene rings is 1. The molecule has 0 saturated carbocycles. The van der Waals surface area contributed by atoms with Crippen LogP contribution in [0, 0.1) is 6.92 Å². The van der Waals surface area contributed by atoms with E-state index in [-0.39, 0.29) is 5.75 Å². The fraction of sp³-hybridized carbons (Fsp3) is 0.250. The molecule has 2 amide bonds. The van der Waals surface area contributed by atoms with E-state index < -0.39 is 11.6 Å². The van der Waals surface area contributed by atoms with Gasteiger partial charge in [-0.25, -0.2) is 4.98 Å². The lowest BCUT2D eigenvalue weighted by atomic mass is 10.1. The van der Waals surface area contributed by atoms with Gasteiger partial charge >= 0.3 is 6.03 Å². The number of rotatable bonds is 4. The van der Waals surface area contributed by atoms with E-state index in [1.807, 2.05) is 45.2 Å². The molecule has 28 heavy (non-hydrogen) atoms. The van der Waals surface area contributed by atoms with Crippen molar-refractivity contribution < 1.29 is 19.3 Å². The maximum atomic E-state index is 12.3. The molecule has 3 aromatic rings. The first-order valence-electron chi connectivity index (χ1n) is 8.58. The van der Waals surface area contributed by atoms with Gasteiger partial charge in [0.05, 0.1) is 12.4 Å². The number of hydrogen-bond donors (Lipinski definition) is 2. The molecule has 0 aliphatic heterocycles. The normalized spacial score (nSPS) is 11.4. The number of amides is 2. The Kier molecular flexibility index (Phi) is 5.64. The molecule has 0 spiro atoms. The van der Waals surface area contributed by atoms with Crippen LogP contribution < -0.4 is 5.48 Å². The van der Waals surface area contributed by atoms with Gasteiger partial charge in [-0.3, -0.25) is 0 Å². The lowest BCUT2D eigenvalue weighted by molar-refractivity contribution is -0.330. The number of nitrogens with one attached hydrogen (secondary N) is 1. The molecule has 0 atom stereocenters. The van der Waals surface area contributed by atoms with E-state index >= 15 is 0 Å². The highest BCUT2D eigenvalue weighted by Gasteiger charge is 2.24. The van der Waals surface area contributed by atoms with E-state index in [4.69, 9.17) is 4.84 Å². The number of thiazole rings is 1.